The number of ether oxygens (including phenoxy) is 2. The average molecular weight is 436 g/mol. The molecule has 10 heteroatoms. The normalized spacial score (nSPS) is 12.9. The fourth-order valence-electron chi connectivity index (χ4n) is 3.05. The van der Waals surface area contributed by atoms with Crippen LogP contribution in [-0.2, 0) is 7.05 Å². The molecule has 0 aliphatic carbocycles. The maximum atomic E-state index is 12.7. The maximum Gasteiger partial charge on any atom is 0.291 e. The van der Waals surface area contributed by atoms with Crippen molar-refractivity contribution < 1.29 is 19.1 Å². The Morgan fingerprint density at radius 2 is 1.78 bits per heavy atom. The van der Waals surface area contributed by atoms with Crippen molar-refractivity contribution in [1.82, 2.24) is 24.6 Å². The number of hydrogen-bond acceptors (Lipinski definition) is 7. The number of rotatable bonds is 7. The molecule has 32 heavy (non-hydrogen) atoms. The van der Waals surface area contributed by atoms with Crippen LogP contribution in [0, 0.1) is 0 Å². The van der Waals surface area contributed by atoms with Crippen LogP contribution in [0.3, 0.4) is 0 Å². The maximum absolute atomic E-state index is 12.7. The lowest BCUT2D eigenvalue weighted by atomic mass is 10.2. The highest BCUT2D eigenvalue weighted by molar-refractivity contribution is 6.04. The zero-order chi connectivity index (χ0) is 22.7. The van der Waals surface area contributed by atoms with E-state index >= 15 is 0 Å². The van der Waals surface area contributed by atoms with Crippen molar-refractivity contribution in [3.8, 4) is 17.2 Å². The van der Waals surface area contributed by atoms with E-state index in [1.165, 1.54) is 12.4 Å². The van der Waals surface area contributed by atoms with Crippen LogP contribution in [0.15, 0.2) is 42.9 Å². The number of aromatic nitrogens is 4. The van der Waals surface area contributed by atoms with E-state index in [1.807, 2.05) is 13.8 Å². The molecule has 1 aliphatic rings. The van der Waals surface area contributed by atoms with E-state index in [0.29, 0.717) is 28.6 Å². The number of carbonyl (C=O) groups is 2. The number of hydrogen-bond donors (Lipinski definition) is 1. The molecule has 1 aliphatic heterocycles. The zero-order valence-corrected chi connectivity index (χ0v) is 18.1. The molecular formula is C22H24N6O4. The van der Waals surface area contributed by atoms with Crippen LogP contribution in [0.2, 0.25) is 0 Å². The summed E-state index contributed by atoms with van der Waals surface area (Å²) in [5.74, 6) is 1.21. The van der Waals surface area contributed by atoms with Crippen molar-refractivity contribution >= 4 is 17.6 Å². The first-order valence-corrected chi connectivity index (χ1v) is 10.3. The molecule has 4 rings (SSSR count). The fourth-order valence-corrected chi connectivity index (χ4v) is 3.05. The molecule has 166 valence electrons. The molecular weight excluding hydrogens is 412 g/mol. The first-order valence-electron chi connectivity index (χ1n) is 10.3. The Morgan fingerprint density at radius 1 is 1.06 bits per heavy atom. The highest BCUT2D eigenvalue weighted by atomic mass is 16.5. The lowest BCUT2D eigenvalue weighted by molar-refractivity contribution is 0.0638. The summed E-state index contributed by atoms with van der Waals surface area (Å²) in [6.45, 7) is 5.24. The Hall–Kier alpha value is -3.95. The van der Waals surface area contributed by atoms with Gasteiger partial charge in [0.1, 0.15) is 11.5 Å². The largest absolute Gasteiger partial charge is 0.491 e. The van der Waals surface area contributed by atoms with Crippen LogP contribution in [0.1, 0.15) is 41.2 Å². The van der Waals surface area contributed by atoms with Gasteiger partial charge in [-0.2, -0.15) is 5.10 Å². The van der Waals surface area contributed by atoms with Crippen LogP contribution in [-0.4, -0.2) is 55.7 Å². The van der Waals surface area contributed by atoms with Gasteiger partial charge < -0.3 is 19.7 Å². The van der Waals surface area contributed by atoms with E-state index in [1.54, 1.807) is 47.1 Å². The van der Waals surface area contributed by atoms with Crippen molar-refractivity contribution in [3.63, 3.8) is 0 Å². The standard InChI is InChI=1S/C22H24N6O4/c1-14(2)31-16-9-15(21(29)25-19-5-8-27(3)26-19)10-17(11-16)32-18-12-23-20(24-13-18)22(30)28-6-4-7-28/h5,8-14H,4,6-7H2,1-3H3,(H,25,26,29). The molecule has 0 saturated carbocycles. The molecule has 1 N–H and O–H groups in total. The molecule has 0 bridgehead atoms. The summed E-state index contributed by atoms with van der Waals surface area (Å²) < 4.78 is 13.2. The minimum Gasteiger partial charge on any atom is -0.491 e. The Labute approximate surface area is 185 Å². The van der Waals surface area contributed by atoms with Gasteiger partial charge in [-0.15, -0.1) is 0 Å². The van der Waals surface area contributed by atoms with Gasteiger partial charge in [-0.05, 0) is 32.4 Å². The van der Waals surface area contributed by atoms with E-state index in [0.717, 1.165) is 19.5 Å². The second-order valence-electron chi connectivity index (χ2n) is 7.68. The van der Waals surface area contributed by atoms with Crippen LogP contribution < -0.4 is 14.8 Å². The van der Waals surface area contributed by atoms with Gasteiger partial charge >= 0.3 is 0 Å². The van der Waals surface area contributed by atoms with Gasteiger partial charge in [0.2, 0.25) is 5.82 Å². The van der Waals surface area contributed by atoms with Gasteiger partial charge in [0.15, 0.2) is 11.6 Å². The summed E-state index contributed by atoms with van der Waals surface area (Å²) in [7, 11) is 1.77. The van der Waals surface area contributed by atoms with Crippen LogP contribution in [0.4, 0.5) is 5.82 Å². The number of benzene rings is 1. The minimum atomic E-state index is -0.352. The van der Waals surface area contributed by atoms with Gasteiger partial charge in [-0.1, -0.05) is 0 Å². The van der Waals surface area contributed by atoms with E-state index in [-0.39, 0.29) is 23.7 Å². The number of amides is 2. The van der Waals surface area contributed by atoms with Crippen LogP contribution >= 0.6 is 0 Å². The topological polar surface area (TPSA) is 111 Å². The molecule has 3 aromatic rings. The minimum absolute atomic E-state index is 0.0907. The quantitative estimate of drug-likeness (QED) is 0.606. The summed E-state index contributed by atoms with van der Waals surface area (Å²) in [5, 5.41) is 6.90. The first-order chi connectivity index (χ1) is 15.4. The average Bonchev–Trinajstić information content (AvgIpc) is 3.11. The summed E-state index contributed by atoms with van der Waals surface area (Å²) in [5.41, 5.74) is 0.342. The highest BCUT2D eigenvalue weighted by Gasteiger charge is 2.23. The van der Waals surface area contributed by atoms with Gasteiger partial charge in [-0.25, -0.2) is 9.97 Å². The zero-order valence-electron chi connectivity index (χ0n) is 18.1. The molecule has 10 nitrogen and oxygen atoms in total. The van der Waals surface area contributed by atoms with Crippen LogP contribution in [0.25, 0.3) is 0 Å². The van der Waals surface area contributed by atoms with Crippen molar-refractivity contribution in [3.05, 3.63) is 54.2 Å². The van der Waals surface area contributed by atoms with E-state index in [2.05, 4.69) is 20.4 Å². The Balaban J connectivity index is 1.53. The molecule has 1 fully saturated rings. The molecule has 2 aromatic heterocycles. The van der Waals surface area contributed by atoms with Gasteiger partial charge in [-0.3, -0.25) is 14.3 Å². The Bertz CT molecular complexity index is 1120. The lowest BCUT2D eigenvalue weighted by Gasteiger charge is -2.29. The van der Waals surface area contributed by atoms with E-state index in [4.69, 9.17) is 9.47 Å². The Kier molecular flexibility index (Phi) is 6.02. The molecule has 1 aromatic carbocycles. The highest BCUT2D eigenvalue weighted by Crippen LogP contribution is 2.28. The first kappa shape index (κ1) is 21.3. The monoisotopic (exact) mass is 436 g/mol. The third-order valence-corrected chi connectivity index (χ3v) is 4.67. The molecule has 0 spiro atoms. The van der Waals surface area contributed by atoms with Crippen molar-refractivity contribution in [1.29, 1.82) is 0 Å². The number of aryl methyl sites for hydroxylation is 1. The lowest BCUT2D eigenvalue weighted by Crippen LogP contribution is -2.42. The third-order valence-electron chi connectivity index (χ3n) is 4.67. The Morgan fingerprint density at radius 3 is 2.38 bits per heavy atom. The number of nitrogens with zero attached hydrogens (tertiary/aromatic N) is 5. The molecule has 0 unspecified atom stereocenters. The van der Waals surface area contributed by atoms with Crippen LogP contribution in [0.5, 0.6) is 17.2 Å². The predicted molar refractivity (Wildman–Crippen MR) is 116 cm³/mol. The van der Waals surface area contributed by atoms with E-state index < -0.39 is 0 Å². The number of anilines is 1. The van der Waals surface area contributed by atoms with Gasteiger partial charge in [0, 0.05) is 44.0 Å². The van der Waals surface area contributed by atoms with Crippen molar-refractivity contribution in [2.45, 2.75) is 26.4 Å². The second kappa shape index (κ2) is 9.04. The van der Waals surface area contributed by atoms with Crippen molar-refractivity contribution in [2.24, 2.45) is 7.05 Å². The molecule has 0 radical (unpaired) electrons. The molecule has 0 atom stereocenters. The van der Waals surface area contributed by atoms with Gasteiger partial charge in [0.05, 0.1) is 18.5 Å². The number of nitrogens with one attached hydrogen (secondary N) is 1. The van der Waals surface area contributed by atoms with Gasteiger partial charge in [0.25, 0.3) is 11.8 Å². The predicted octanol–water partition coefficient (Wildman–Crippen LogP) is 2.89. The summed E-state index contributed by atoms with van der Waals surface area (Å²) in [6.07, 6.45) is 5.51. The second-order valence-corrected chi connectivity index (χ2v) is 7.68. The number of carbonyl (C=O) groups excluding carboxylic acids is 2. The summed E-state index contributed by atoms with van der Waals surface area (Å²) in [4.78, 5) is 34.9. The summed E-state index contributed by atoms with van der Waals surface area (Å²) >= 11 is 0. The SMILES string of the molecule is CC(C)Oc1cc(Oc2cnc(C(=O)N3CCC3)nc2)cc(C(=O)Nc2ccn(C)n2)c1. The smallest absolute Gasteiger partial charge is 0.291 e. The third kappa shape index (κ3) is 5.02. The molecule has 1 saturated heterocycles. The summed E-state index contributed by atoms with van der Waals surface area (Å²) in [6, 6.07) is 6.60. The molecule has 3 heterocycles. The molecule has 2 amide bonds. The number of likely N-dealkylation sites (tertiary alicyclic amines) is 1. The van der Waals surface area contributed by atoms with Crippen molar-refractivity contribution in [2.75, 3.05) is 18.4 Å². The fraction of sp³-hybridized carbons (Fsp3) is 0.318. The van der Waals surface area contributed by atoms with E-state index in [9.17, 15) is 9.59 Å².